The molecule has 1 aliphatic rings. The lowest BCUT2D eigenvalue weighted by atomic mass is 9.85. The number of fused-ring (bicyclic) bond motifs is 1. The Morgan fingerprint density at radius 2 is 1.88 bits per heavy atom. The van der Waals surface area contributed by atoms with Crippen LogP contribution in [0.4, 0.5) is 5.69 Å². The summed E-state index contributed by atoms with van der Waals surface area (Å²) in [6, 6.07) is 3.64. The van der Waals surface area contributed by atoms with Crippen LogP contribution in [0.25, 0.3) is 4.85 Å². The zero-order valence-corrected chi connectivity index (χ0v) is 9.83. The van der Waals surface area contributed by atoms with Gasteiger partial charge in [0, 0.05) is 0 Å². The predicted octanol–water partition coefficient (Wildman–Crippen LogP) is 3.31. The lowest BCUT2D eigenvalue weighted by molar-refractivity contribution is 0.168. The van der Waals surface area contributed by atoms with Gasteiger partial charge in [0.25, 0.3) is 0 Å². The molecular weight excluding hydrogens is 202 g/mol. The topological polar surface area (TPSA) is 22.8 Å². The highest BCUT2D eigenvalue weighted by Gasteiger charge is 2.25. The van der Waals surface area contributed by atoms with E-state index in [9.17, 15) is 0 Å². The number of benzene rings is 1. The quantitative estimate of drug-likeness (QED) is 0.622. The van der Waals surface area contributed by atoms with Crippen LogP contribution in [-0.2, 0) is 5.41 Å². The molecule has 3 nitrogen and oxygen atoms in total. The van der Waals surface area contributed by atoms with Crippen LogP contribution in [0.3, 0.4) is 0 Å². The third-order valence-corrected chi connectivity index (χ3v) is 2.56. The van der Waals surface area contributed by atoms with E-state index in [0.717, 1.165) is 11.3 Å². The third kappa shape index (κ3) is 1.83. The molecule has 0 spiro atoms. The van der Waals surface area contributed by atoms with Crippen LogP contribution in [0.1, 0.15) is 26.3 Å². The fraction of sp³-hybridized carbons (Fsp3) is 0.462. The molecule has 1 aliphatic heterocycles. The minimum atomic E-state index is -0.0501. The molecule has 0 aliphatic carbocycles. The van der Waals surface area contributed by atoms with E-state index < -0.39 is 0 Å². The molecule has 1 aromatic carbocycles. The Balaban J connectivity index is 2.62. The van der Waals surface area contributed by atoms with E-state index in [1.807, 2.05) is 6.07 Å². The molecule has 2 rings (SSSR count). The fourth-order valence-electron chi connectivity index (χ4n) is 1.76. The lowest BCUT2D eigenvalue weighted by Crippen LogP contribution is -2.20. The highest BCUT2D eigenvalue weighted by Crippen LogP contribution is 2.43. The van der Waals surface area contributed by atoms with Crippen molar-refractivity contribution in [2.75, 3.05) is 13.2 Å². The first-order valence-electron chi connectivity index (χ1n) is 5.34. The summed E-state index contributed by atoms with van der Waals surface area (Å²) in [7, 11) is 0. The fourth-order valence-corrected chi connectivity index (χ4v) is 1.76. The Hall–Kier alpha value is -1.69. The van der Waals surface area contributed by atoms with Gasteiger partial charge in [0.2, 0.25) is 0 Å². The second-order valence-electron chi connectivity index (χ2n) is 4.88. The smallest absolute Gasteiger partial charge is 0.191 e. The lowest BCUT2D eigenvalue weighted by Gasteiger charge is -2.27. The Bertz CT molecular complexity index is 452. The molecule has 0 aromatic heterocycles. The molecule has 16 heavy (non-hydrogen) atoms. The maximum atomic E-state index is 7.09. The summed E-state index contributed by atoms with van der Waals surface area (Å²) in [6.07, 6.45) is 0. The van der Waals surface area contributed by atoms with Crippen molar-refractivity contribution in [1.29, 1.82) is 0 Å². The summed E-state index contributed by atoms with van der Waals surface area (Å²) in [5.74, 6) is 1.50. The molecule has 0 fully saturated rings. The van der Waals surface area contributed by atoms with Crippen molar-refractivity contribution in [3.63, 3.8) is 0 Å². The molecule has 0 bridgehead atoms. The van der Waals surface area contributed by atoms with Crippen molar-refractivity contribution < 1.29 is 9.47 Å². The first-order chi connectivity index (χ1) is 7.52. The van der Waals surface area contributed by atoms with Gasteiger partial charge in [-0.05, 0) is 23.1 Å². The molecule has 3 heteroatoms. The number of hydrogen-bond donors (Lipinski definition) is 0. The molecule has 0 unspecified atom stereocenters. The second-order valence-corrected chi connectivity index (χ2v) is 4.88. The van der Waals surface area contributed by atoms with Crippen molar-refractivity contribution in [3.8, 4) is 11.5 Å². The van der Waals surface area contributed by atoms with Crippen molar-refractivity contribution in [3.05, 3.63) is 29.1 Å². The van der Waals surface area contributed by atoms with Crippen LogP contribution in [-0.4, -0.2) is 13.2 Å². The SMILES string of the molecule is [C-]#[N+]c1cc2c(c(C(C)(C)C)c1)OCCO2. The van der Waals surface area contributed by atoms with Crippen molar-refractivity contribution in [1.82, 2.24) is 0 Å². The van der Waals surface area contributed by atoms with Gasteiger partial charge in [-0.1, -0.05) is 20.8 Å². The van der Waals surface area contributed by atoms with E-state index in [2.05, 4.69) is 25.6 Å². The van der Waals surface area contributed by atoms with Gasteiger partial charge in [-0.15, -0.1) is 0 Å². The molecule has 0 saturated carbocycles. The van der Waals surface area contributed by atoms with Crippen LogP contribution in [0.5, 0.6) is 11.5 Å². The summed E-state index contributed by atoms with van der Waals surface area (Å²) >= 11 is 0. The number of hydrogen-bond acceptors (Lipinski definition) is 2. The summed E-state index contributed by atoms with van der Waals surface area (Å²) in [5, 5.41) is 0. The number of nitrogens with zero attached hydrogens (tertiary/aromatic N) is 1. The van der Waals surface area contributed by atoms with Crippen LogP contribution < -0.4 is 9.47 Å². The minimum absolute atomic E-state index is 0.0501. The van der Waals surface area contributed by atoms with Crippen LogP contribution in [0.2, 0.25) is 0 Å². The molecule has 0 N–H and O–H groups in total. The van der Waals surface area contributed by atoms with Crippen molar-refractivity contribution in [2.45, 2.75) is 26.2 Å². The molecule has 0 amide bonds. The molecule has 1 aromatic rings. The van der Waals surface area contributed by atoms with Gasteiger partial charge < -0.3 is 9.47 Å². The van der Waals surface area contributed by atoms with Crippen molar-refractivity contribution >= 4 is 5.69 Å². The molecule has 84 valence electrons. The maximum absolute atomic E-state index is 7.09. The zero-order valence-electron chi connectivity index (χ0n) is 9.83. The van der Waals surface area contributed by atoms with E-state index in [0.29, 0.717) is 24.7 Å². The average Bonchev–Trinajstić information content (AvgIpc) is 2.26. The van der Waals surface area contributed by atoms with E-state index >= 15 is 0 Å². The van der Waals surface area contributed by atoms with Gasteiger partial charge in [-0.25, -0.2) is 4.85 Å². The van der Waals surface area contributed by atoms with Gasteiger partial charge in [-0.2, -0.15) is 0 Å². The first kappa shape index (κ1) is 10.8. The van der Waals surface area contributed by atoms with E-state index in [1.165, 1.54) is 0 Å². The van der Waals surface area contributed by atoms with Crippen LogP contribution in [0, 0.1) is 6.57 Å². The molecular formula is C13H15NO2. The molecule has 0 saturated heterocycles. The van der Waals surface area contributed by atoms with Gasteiger partial charge in [0.15, 0.2) is 17.2 Å². The van der Waals surface area contributed by atoms with Crippen LogP contribution >= 0.6 is 0 Å². The zero-order chi connectivity index (χ0) is 11.8. The van der Waals surface area contributed by atoms with E-state index in [4.69, 9.17) is 16.0 Å². The third-order valence-electron chi connectivity index (χ3n) is 2.56. The summed E-state index contributed by atoms with van der Waals surface area (Å²) < 4.78 is 11.2. The summed E-state index contributed by atoms with van der Waals surface area (Å²) in [6.45, 7) is 14.5. The average molecular weight is 217 g/mol. The molecule has 0 radical (unpaired) electrons. The Morgan fingerprint density at radius 1 is 1.19 bits per heavy atom. The summed E-state index contributed by atoms with van der Waals surface area (Å²) in [5.41, 5.74) is 1.59. The van der Waals surface area contributed by atoms with Gasteiger partial charge in [0.05, 0.1) is 6.57 Å². The Morgan fingerprint density at radius 3 is 2.50 bits per heavy atom. The highest BCUT2D eigenvalue weighted by atomic mass is 16.6. The van der Waals surface area contributed by atoms with Crippen molar-refractivity contribution in [2.24, 2.45) is 0 Å². The van der Waals surface area contributed by atoms with E-state index in [1.54, 1.807) is 6.07 Å². The van der Waals surface area contributed by atoms with Gasteiger partial charge in [-0.3, -0.25) is 0 Å². The largest absolute Gasteiger partial charge is 0.487 e. The van der Waals surface area contributed by atoms with Gasteiger partial charge in [0.1, 0.15) is 13.2 Å². The Kier molecular flexibility index (Phi) is 2.51. The highest BCUT2D eigenvalue weighted by molar-refractivity contribution is 5.61. The van der Waals surface area contributed by atoms with Gasteiger partial charge >= 0.3 is 0 Å². The summed E-state index contributed by atoms with van der Waals surface area (Å²) in [4.78, 5) is 3.47. The normalized spacial score (nSPS) is 14.4. The maximum Gasteiger partial charge on any atom is 0.191 e. The standard InChI is InChI=1S/C13H15NO2/c1-13(2,3)10-7-9(14-4)8-11-12(10)16-6-5-15-11/h7-8H,5-6H2,1-3H3. The number of ether oxygens (including phenoxy) is 2. The molecule has 1 heterocycles. The monoisotopic (exact) mass is 217 g/mol. The molecule has 0 atom stereocenters. The second kappa shape index (κ2) is 3.71. The minimum Gasteiger partial charge on any atom is -0.487 e. The number of rotatable bonds is 0. The Labute approximate surface area is 95.8 Å². The van der Waals surface area contributed by atoms with E-state index in [-0.39, 0.29) is 5.41 Å². The van der Waals surface area contributed by atoms with Crippen LogP contribution in [0.15, 0.2) is 12.1 Å². The predicted molar refractivity (Wildman–Crippen MR) is 62.4 cm³/mol. The first-order valence-corrected chi connectivity index (χ1v) is 5.34.